The van der Waals surface area contributed by atoms with E-state index in [4.69, 9.17) is 9.84 Å². The van der Waals surface area contributed by atoms with Gasteiger partial charge >= 0.3 is 5.97 Å². The van der Waals surface area contributed by atoms with Crippen molar-refractivity contribution in [2.45, 2.75) is 20.3 Å². The van der Waals surface area contributed by atoms with Gasteiger partial charge in [0.1, 0.15) is 17.5 Å². The molecule has 1 N–H and O–H groups in total. The molecule has 1 unspecified atom stereocenters. The Morgan fingerprint density at radius 1 is 1.41 bits per heavy atom. The molecule has 0 bridgehead atoms. The highest BCUT2D eigenvalue weighted by atomic mass is 16.5. The highest BCUT2D eigenvalue weighted by Crippen LogP contribution is 2.23. The molecule has 4 nitrogen and oxygen atoms in total. The second kappa shape index (κ2) is 5.48. The molecule has 0 aliphatic rings. The molecule has 0 amide bonds. The Morgan fingerprint density at radius 2 is 2.06 bits per heavy atom. The number of carboxylic acid groups (broad SMARTS) is 1. The minimum atomic E-state index is -1.10. The molecule has 1 rings (SSSR count). The second-order valence-corrected chi connectivity index (χ2v) is 4.02. The summed E-state index contributed by atoms with van der Waals surface area (Å²) >= 11 is 0. The summed E-state index contributed by atoms with van der Waals surface area (Å²) in [4.78, 5) is 22.2. The molecular formula is C13H16O4. The van der Waals surface area contributed by atoms with Gasteiger partial charge in [0.2, 0.25) is 0 Å². The largest absolute Gasteiger partial charge is 0.496 e. The zero-order valence-electron chi connectivity index (χ0n) is 10.2. The monoisotopic (exact) mass is 236 g/mol. The molecule has 4 heteroatoms. The molecular weight excluding hydrogens is 220 g/mol. The van der Waals surface area contributed by atoms with Gasteiger partial charge in [-0.1, -0.05) is 12.1 Å². The minimum absolute atomic E-state index is 0.161. The summed E-state index contributed by atoms with van der Waals surface area (Å²) in [6.07, 6.45) is 0.161. The quantitative estimate of drug-likeness (QED) is 0.792. The number of hydrogen-bond acceptors (Lipinski definition) is 3. The van der Waals surface area contributed by atoms with Gasteiger partial charge < -0.3 is 9.84 Å². The molecule has 0 saturated carbocycles. The van der Waals surface area contributed by atoms with E-state index < -0.39 is 11.9 Å². The number of benzene rings is 1. The molecule has 0 radical (unpaired) electrons. The molecule has 0 heterocycles. The van der Waals surface area contributed by atoms with Crippen LogP contribution in [0.15, 0.2) is 18.2 Å². The van der Waals surface area contributed by atoms with Crippen LogP contribution in [-0.2, 0) is 16.0 Å². The van der Waals surface area contributed by atoms with Gasteiger partial charge in [-0.3, -0.25) is 9.59 Å². The smallest absolute Gasteiger partial charge is 0.314 e. The summed E-state index contributed by atoms with van der Waals surface area (Å²) in [5, 5.41) is 8.96. The first kappa shape index (κ1) is 13.2. The Hall–Kier alpha value is -1.84. The predicted octanol–water partition coefficient (Wildman–Crippen LogP) is 1.84. The lowest BCUT2D eigenvalue weighted by Crippen LogP contribution is -2.24. The zero-order valence-corrected chi connectivity index (χ0v) is 10.2. The number of carboxylic acids is 1. The van der Waals surface area contributed by atoms with Crippen molar-refractivity contribution in [1.29, 1.82) is 0 Å². The van der Waals surface area contributed by atoms with Crippen molar-refractivity contribution in [3.05, 3.63) is 29.3 Å². The fraction of sp³-hybridized carbons (Fsp3) is 0.385. The van der Waals surface area contributed by atoms with Gasteiger partial charge in [-0.25, -0.2) is 0 Å². The van der Waals surface area contributed by atoms with Crippen LogP contribution >= 0.6 is 0 Å². The lowest BCUT2D eigenvalue weighted by atomic mass is 9.95. The van der Waals surface area contributed by atoms with E-state index in [2.05, 4.69) is 0 Å². The van der Waals surface area contributed by atoms with Crippen molar-refractivity contribution in [3.63, 3.8) is 0 Å². The van der Waals surface area contributed by atoms with Crippen LogP contribution in [0.1, 0.15) is 18.1 Å². The van der Waals surface area contributed by atoms with Crippen LogP contribution in [0.3, 0.4) is 0 Å². The third-order valence-electron chi connectivity index (χ3n) is 2.66. The summed E-state index contributed by atoms with van der Waals surface area (Å²) < 4.78 is 5.18. The SMILES string of the molecule is COc1cc(C)ccc1CC(C(C)=O)C(=O)O. The molecule has 92 valence electrons. The zero-order chi connectivity index (χ0) is 13.0. The average Bonchev–Trinajstić information content (AvgIpc) is 2.26. The van der Waals surface area contributed by atoms with E-state index in [0.717, 1.165) is 11.1 Å². The molecule has 1 aromatic rings. The van der Waals surface area contributed by atoms with Gasteiger partial charge in [-0.2, -0.15) is 0 Å². The van der Waals surface area contributed by atoms with Gasteiger partial charge in [0.05, 0.1) is 7.11 Å². The highest BCUT2D eigenvalue weighted by molar-refractivity contribution is 5.97. The Morgan fingerprint density at radius 3 is 2.53 bits per heavy atom. The van der Waals surface area contributed by atoms with Crippen molar-refractivity contribution in [1.82, 2.24) is 0 Å². The molecule has 0 spiro atoms. The first-order chi connectivity index (χ1) is 7.95. The average molecular weight is 236 g/mol. The van der Waals surface area contributed by atoms with Gasteiger partial charge in [0.25, 0.3) is 0 Å². The fourth-order valence-electron chi connectivity index (χ4n) is 1.65. The number of carbonyl (C=O) groups excluding carboxylic acids is 1. The number of methoxy groups -OCH3 is 1. The van der Waals surface area contributed by atoms with Crippen molar-refractivity contribution >= 4 is 11.8 Å². The maximum Gasteiger partial charge on any atom is 0.314 e. The third-order valence-corrected chi connectivity index (χ3v) is 2.66. The van der Waals surface area contributed by atoms with E-state index in [-0.39, 0.29) is 12.2 Å². The van der Waals surface area contributed by atoms with E-state index in [1.165, 1.54) is 14.0 Å². The van der Waals surface area contributed by atoms with Crippen molar-refractivity contribution in [3.8, 4) is 5.75 Å². The second-order valence-electron chi connectivity index (χ2n) is 4.02. The van der Waals surface area contributed by atoms with Crippen molar-refractivity contribution < 1.29 is 19.4 Å². The molecule has 17 heavy (non-hydrogen) atoms. The Balaban J connectivity index is 3.00. The van der Waals surface area contributed by atoms with Crippen molar-refractivity contribution in [2.24, 2.45) is 5.92 Å². The lowest BCUT2D eigenvalue weighted by molar-refractivity contribution is -0.145. The fourth-order valence-corrected chi connectivity index (χ4v) is 1.65. The summed E-state index contributed by atoms with van der Waals surface area (Å²) in [5.41, 5.74) is 1.76. The minimum Gasteiger partial charge on any atom is -0.496 e. The summed E-state index contributed by atoms with van der Waals surface area (Å²) in [6, 6.07) is 5.50. The predicted molar refractivity (Wildman–Crippen MR) is 63.2 cm³/mol. The van der Waals surface area contributed by atoms with E-state index in [1.807, 2.05) is 19.1 Å². The van der Waals surface area contributed by atoms with Crippen LogP contribution in [0, 0.1) is 12.8 Å². The van der Waals surface area contributed by atoms with Crippen molar-refractivity contribution in [2.75, 3.05) is 7.11 Å². The molecule has 0 saturated heterocycles. The van der Waals surface area contributed by atoms with Gasteiger partial charge in [-0.15, -0.1) is 0 Å². The number of rotatable bonds is 5. The maximum atomic E-state index is 11.2. The number of hydrogen-bond donors (Lipinski definition) is 1. The number of Topliss-reactive ketones (excluding diaryl/α,β-unsaturated/α-hetero) is 1. The van der Waals surface area contributed by atoms with Crippen LogP contribution in [0.2, 0.25) is 0 Å². The Labute approximate surface area is 100 Å². The van der Waals surface area contributed by atoms with E-state index in [9.17, 15) is 9.59 Å². The third kappa shape index (κ3) is 3.31. The molecule has 0 fully saturated rings. The first-order valence-corrected chi connectivity index (χ1v) is 5.32. The number of aliphatic carboxylic acids is 1. The number of aryl methyl sites for hydroxylation is 1. The van der Waals surface area contributed by atoms with E-state index in [1.54, 1.807) is 6.07 Å². The topological polar surface area (TPSA) is 63.6 Å². The lowest BCUT2D eigenvalue weighted by Gasteiger charge is -2.12. The molecule has 0 aliphatic carbocycles. The van der Waals surface area contributed by atoms with Gasteiger partial charge in [-0.05, 0) is 37.5 Å². The number of carbonyl (C=O) groups is 2. The number of ketones is 1. The summed E-state index contributed by atoms with van der Waals surface area (Å²) in [5.74, 6) is -1.83. The summed E-state index contributed by atoms with van der Waals surface area (Å²) in [6.45, 7) is 3.21. The summed E-state index contributed by atoms with van der Waals surface area (Å²) in [7, 11) is 1.53. The first-order valence-electron chi connectivity index (χ1n) is 5.32. The van der Waals surface area contributed by atoms with Crippen LogP contribution in [-0.4, -0.2) is 24.0 Å². The highest BCUT2D eigenvalue weighted by Gasteiger charge is 2.24. The van der Waals surface area contributed by atoms with Crippen LogP contribution < -0.4 is 4.74 Å². The van der Waals surface area contributed by atoms with Crippen LogP contribution in [0.25, 0.3) is 0 Å². The maximum absolute atomic E-state index is 11.2. The van der Waals surface area contributed by atoms with Gasteiger partial charge in [0, 0.05) is 0 Å². The van der Waals surface area contributed by atoms with Gasteiger partial charge in [0.15, 0.2) is 0 Å². The van der Waals surface area contributed by atoms with Crippen LogP contribution in [0.5, 0.6) is 5.75 Å². The number of ether oxygens (including phenoxy) is 1. The molecule has 0 aliphatic heterocycles. The Bertz CT molecular complexity index is 423. The molecule has 0 aromatic heterocycles. The van der Waals surface area contributed by atoms with E-state index >= 15 is 0 Å². The van der Waals surface area contributed by atoms with Crippen LogP contribution in [0.4, 0.5) is 0 Å². The molecule has 1 aromatic carbocycles. The van der Waals surface area contributed by atoms with E-state index in [0.29, 0.717) is 5.75 Å². The standard InChI is InChI=1S/C13H16O4/c1-8-4-5-10(12(6-8)17-3)7-11(9(2)14)13(15)16/h4-6,11H,7H2,1-3H3,(H,15,16). The molecule has 1 atom stereocenters. The normalized spacial score (nSPS) is 11.9. The Kier molecular flexibility index (Phi) is 4.26.